The summed E-state index contributed by atoms with van der Waals surface area (Å²) in [5.74, 6) is 0. The Kier molecular flexibility index (Phi) is 2.91. The molecule has 0 bridgehead atoms. The van der Waals surface area contributed by atoms with Crippen LogP contribution in [0, 0.1) is 0 Å². The number of carbonyl (C=O) groups is 1. The van der Waals surface area contributed by atoms with E-state index in [2.05, 4.69) is 26.0 Å². The van der Waals surface area contributed by atoms with Gasteiger partial charge in [0.1, 0.15) is 5.69 Å². The lowest BCUT2D eigenvalue weighted by Gasteiger charge is -1.99. The summed E-state index contributed by atoms with van der Waals surface area (Å²) in [5, 5.41) is 4.09. The molecule has 4 nitrogen and oxygen atoms in total. The van der Waals surface area contributed by atoms with E-state index in [0.717, 1.165) is 12.0 Å². The molecule has 2 heterocycles. The monoisotopic (exact) mass is 265 g/mol. The van der Waals surface area contributed by atoms with Crippen LogP contribution in [0.15, 0.2) is 35.1 Å². The van der Waals surface area contributed by atoms with Crippen molar-refractivity contribution in [3.8, 4) is 0 Å². The molecule has 0 aromatic carbocycles. The van der Waals surface area contributed by atoms with Crippen molar-refractivity contribution in [1.82, 2.24) is 14.8 Å². The second-order valence-electron chi connectivity index (χ2n) is 3.00. The maximum Gasteiger partial charge on any atom is 0.171 e. The predicted octanol–water partition coefficient (Wildman–Crippen LogP) is 1.90. The summed E-state index contributed by atoms with van der Waals surface area (Å²) in [6.07, 6.45) is 4.21. The molecule has 0 atom stereocenters. The van der Waals surface area contributed by atoms with Gasteiger partial charge < -0.3 is 0 Å². The van der Waals surface area contributed by atoms with Crippen molar-refractivity contribution < 1.29 is 4.79 Å². The molecule has 0 spiro atoms. The Bertz CT molecular complexity index is 467. The molecule has 0 aliphatic carbocycles. The SMILES string of the molecule is O=Cc1nn(Cc2ccccn2)cc1Br. The molecule has 0 radical (unpaired) electrons. The van der Waals surface area contributed by atoms with Crippen molar-refractivity contribution in [3.63, 3.8) is 0 Å². The van der Waals surface area contributed by atoms with Crippen LogP contribution in [0.3, 0.4) is 0 Å². The standard InChI is InChI=1S/C10H8BrN3O/c11-9-6-14(13-10(9)7-15)5-8-3-1-2-4-12-8/h1-4,6-7H,5H2. The molecule has 2 rings (SSSR count). The van der Waals surface area contributed by atoms with Crippen LogP contribution in [0.4, 0.5) is 0 Å². The van der Waals surface area contributed by atoms with E-state index in [9.17, 15) is 4.79 Å². The lowest BCUT2D eigenvalue weighted by atomic mass is 10.3. The number of pyridine rings is 1. The average molecular weight is 266 g/mol. The van der Waals surface area contributed by atoms with Crippen LogP contribution >= 0.6 is 15.9 Å². The second-order valence-corrected chi connectivity index (χ2v) is 3.85. The summed E-state index contributed by atoms with van der Waals surface area (Å²) in [6.45, 7) is 0.563. The van der Waals surface area contributed by atoms with Crippen LogP contribution in [0.5, 0.6) is 0 Å². The Morgan fingerprint density at radius 3 is 2.93 bits per heavy atom. The average Bonchev–Trinajstić information content (AvgIpc) is 2.60. The van der Waals surface area contributed by atoms with Crippen LogP contribution in [-0.2, 0) is 6.54 Å². The molecule has 2 aromatic heterocycles. The highest BCUT2D eigenvalue weighted by molar-refractivity contribution is 9.10. The zero-order valence-electron chi connectivity index (χ0n) is 7.80. The Morgan fingerprint density at radius 2 is 2.33 bits per heavy atom. The molecule has 0 saturated heterocycles. The van der Waals surface area contributed by atoms with E-state index >= 15 is 0 Å². The number of rotatable bonds is 3. The van der Waals surface area contributed by atoms with E-state index in [1.54, 1.807) is 17.1 Å². The van der Waals surface area contributed by atoms with Crippen molar-refractivity contribution in [2.24, 2.45) is 0 Å². The van der Waals surface area contributed by atoms with Crippen molar-refractivity contribution in [2.75, 3.05) is 0 Å². The van der Waals surface area contributed by atoms with Gasteiger partial charge in [0.2, 0.25) is 0 Å². The molecule has 5 heteroatoms. The largest absolute Gasteiger partial charge is 0.296 e. The first kappa shape index (κ1) is 10.0. The van der Waals surface area contributed by atoms with Gasteiger partial charge in [0.05, 0.1) is 16.7 Å². The predicted molar refractivity (Wildman–Crippen MR) is 58.7 cm³/mol. The Balaban J connectivity index is 2.21. The van der Waals surface area contributed by atoms with E-state index in [1.165, 1.54) is 0 Å². The third kappa shape index (κ3) is 2.30. The smallest absolute Gasteiger partial charge is 0.171 e. The number of hydrogen-bond donors (Lipinski definition) is 0. The van der Waals surface area contributed by atoms with Gasteiger partial charge in [-0.15, -0.1) is 0 Å². The highest BCUT2D eigenvalue weighted by Gasteiger charge is 2.05. The zero-order chi connectivity index (χ0) is 10.7. The van der Waals surface area contributed by atoms with E-state index in [1.807, 2.05) is 18.2 Å². The van der Waals surface area contributed by atoms with Crippen LogP contribution in [-0.4, -0.2) is 21.1 Å². The van der Waals surface area contributed by atoms with Gasteiger partial charge in [0, 0.05) is 12.4 Å². The maximum absolute atomic E-state index is 10.6. The molecular weight excluding hydrogens is 258 g/mol. The zero-order valence-corrected chi connectivity index (χ0v) is 9.39. The van der Waals surface area contributed by atoms with Gasteiger partial charge in [0.15, 0.2) is 6.29 Å². The molecule has 0 aliphatic rings. The van der Waals surface area contributed by atoms with E-state index in [-0.39, 0.29) is 0 Å². The molecule has 15 heavy (non-hydrogen) atoms. The van der Waals surface area contributed by atoms with Crippen molar-refractivity contribution >= 4 is 22.2 Å². The fourth-order valence-corrected chi connectivity index (χ4v) is 1.64. The van der Waals surface area contributed by atoms with Gasteiger partial charge >= 0.3 is 0 Å². The summed E-state index contributed by atoms with van der Waals surface area (Å²) in [4.78, 5) is 14.7. The Morgan fingerprint density at radius 1 is 1.47 bits per heavy atom. The number of nitrogens with zero attached hydrogens (tertiary/aromatic N) is 3. The Labute approximate surface area is 95.1 Å². The minimum atomic E-state index is 0.408. The number of hydrogen-bond acceptors (Lipinski definition) is 3. The van der Waals surface area contributed by atoms with E-state index < -0.39 is 0 Å². The van der Waals surface area contributed by atoms with Crippen LogP contribution < -0.4 is 0 Å². The van der Waals surface area contributed by atoms with Crippen LogP contribution in [0.1, 0.15) is 16.2 Å². The fraction of sp³-hybridized carbons (Fsp3) is 0.100. The molecular formula is C10H8BrN3O. The molecule has 2 aromatic rings. The van der Waals surface area contributed by atoms with Gasteiger partial charge in [-0.05, 0) is 28.1 Å². The number of aldehydes is 1. The molecule has 0 saturated carbocycles. The number of aromatic nitrogens is 3. The maximum atomic E-state index is 10.6. The Hall–Kier alpha value is -1.49. The van der Waals surface area contributed by atoms with Crippen molar-refractivity contribution in [1.29, 1.82) is 0 Å². The minimum absolute atomic E-state index is 0.408. The molecule has 0 amide bonds. The van der Waals surface area contributed by atoms with Gasteiger partial charge in [-0.25, -0.2) is 0 Å². The molecule has 0 unspecified atom stereocenters. The van der Waals surface area contributed by atoms with Gasteiger partial charge in [-0.1, -0.05) is 6.07 Å². The highest BCUT2D eigenvalue weighted by Crippen LogP contribution is 2.13. The third-order valence-corrected chi connectivity index (χ3v) is 2.52. The fourth-order valence-electron chi connectivity index (χ4n) is 1.23. The molecule has 0 N–H and O–H groups in total. The van der Waals surface area contributed by atoms with Gasteiger partial charge in [0.25, 0.3) is 0 Å². The lowest BCUT2D eigenvalue weighted by molar-refractivity contribution is 0.111. The summed E-state index contributed by atoms with van der Waals surface area (Å²) in [6, 6.07) is 5.69. The quantitative estimate of drug-likeness (QED) is 0.797. The minimum Gasteiger partial charge on any atom is -0.296 e. The van der Waals surface area contributed by atoms with Gasteiger partial charge in [-0.3, -0.25) is 14.5 Å². The second kappa shape index (κ2) is 4.35. The topological polar surface area (TPSA) is 47.8 Å². The van der Waals surface area contributed by atoms with Crippen LogP contribution in [0.25, 0.3) is 0 Å². The summed E-state index contributed by atoms with van der Waals surface area (Å²) >= 11 is 3.26. The summed E-state index contributed by atoms with van der Waals surface area (Å²) < 4.78 is 2.38. The molecule has 76 valence electrons. The lowest BCUT2D eigenvalue weighted by Crippen LogP contribution is -2.02. The molecule has 0 aliphatic heterocycles. The van der Waals surface area contributed by atoms with Gasteiger partial charge in [-0.2, -0.15) is 5.10 Å². The normalized spacial score (nSPS) is 10.2. The van der Waals surface area contributed by atoms with E-state index in [0.29, 0.717) is 16.7 Å². The number of halogens is 1. The summed E-state index contributed by atoms with van der Waals surface area (Å²) in [5.41, 5.74) is 1.32. The molecule has 0 fully saturated rings. The summed E-state index contributed by atoms with van der Waals surface area (Å²) in [7, 11) is 0. The first-order valence-corrected chi connectivity index (χ1v) is 5.17. The highest BCUT2D eigenvalue weighted by atomic mass is 79.9. The van der Waals surface area contributed by atoms with E-state index in [4.69, 9.17) is 0 Å². The van der Waals surface area contributed by atoms with Crippen molar-refractivity contribution in [2.45, 2.75) is 6.54 Å². The van der Waals surface area contributed by atoms with Crippen molar-refractivity contribution in [3.05, 3.63) is 46.5 Å². The first-order chi connectivity index (χ1) is 7.29. The third-order valence-electron chi connectivity index (χ3n) is 1.91. The first-order valence-electron chi connectivity index (χ1n) is 4.37. The number of carbonyl (C=O) groups excluding carboxylic acids is 1. The van der Waals surface area contributed by atoms with Crippen LogP contribution in [0.2, 0.25) is 0 Å².